The number of hydrogen-bond donors (Lipinski definition) is 0. The molecule has 0 aromatic heterocycles. The zero-order valence-corrected chi connectivity index (χ0v) is 21.7. The van der Waals surface area contributed by atoms with Gasteiger partial charge in [-0.1, -0.05) is 48.5 Å². The molecule has 1 atom stereocenters. The topological polar surface area (TPSA) is 114 Å². The van der Waals surface area contributed by atoms with Crippen LogP contribution in [0.3, 0.4) is 0 Å². The van der Waals surface area contributed by atoms with Gasteiger partial charge in [0.25, 0.3) is 0 Å². The quantitative estimate of drug-likeness (QED) is 0.195. The molecule has 9 nitrogen and oxygen atoms in total. The van der Waals surface area contributed by atoms with Gasteiger partial charge in [0, 0.05) is 19.1 Å². The van der Waals surface area contributed by atoms with Crippen LogP contribution in [0.2, 0.25) is 0 Å². The molecule has 0 spiro atoms. The first-order valence-electron chi connectivity index (χ1n) is 10.5. The van der Waals surface area contributed by atoms with E-state index in [0.29, 0.717) is 3.57 Å². The molecule has 0 aliphatic carbocycles. The molecule has 1 heterocycles. The predicted octanol–water partition coefficient (Wildman–Crippen LogP) is 4.35. The standard InChI is InChI=1S/C25H19IO9S/c1-16(27)32-22-14-23(28)34-25(22)33-21-13-18(35-36(29,30)19-10-6-3-7-11-19)12-20(24(21)26)31-15-17-8-4-2-5-9-17/h2-14,25H,15H2,1H3. The van der Waals surface area contributed by atoms with Crippen LogP contribution in [0.5, 0.6) is 17.2 Å². The van der Waals surface area contributed by atoms with Crippen molar-refractivity contribution in [3.8, 4) is 17.2 Å². The van der Waals surface area contributed by atoms with Crippen LogP contribution < -0.4 is 13.7 Å². The molecule has 0 bridgehead atoms. The molecular formula is C25H19IO9S. The number of ether oxygens (including phenoxy) is 4. The molecule has 11 heteroatoms. The summed E-state index contributed by atoms with van der Waals surface area (Å²) in [6.45, 7) is 1.35. The summed E-state index contributed by atoms with van der Waals surface area (Å²) in [7, 11) is -4.17. The molecule has 0 fully saturated rings. The Morgan fingerprint density at radius 1 is 1.00 bits per heavy atom. The van der Waals surface area contributed by atoms with Crippen molar-refractivity contribution in [1.29, 1.82) is 0 Å². The minimum absolute atomic E-state index is 0.0393. The van der Waals surface area contributed by atoms with Crippen LogP contribution in [0.15, 0.2) is 89.5 Å². The van der Waals surface area contributed by atoms with Crippen molar-refractivity contribution in [3.05, 3.63) is 93.8 Å². The maximum absolute atomic E-state index is 12.8. The van der Waals surface area contributed by atoms with E-state index < -0.39 is 28.3 Å². The molecule has 0 amide bonds. The van der Waals surface area contributed by atoms with Crippen molar-refractivity contribution in [2.45, 2.75) is 24.7 Å². The van der Waals surface area contributed by atoms with Crippen LogP contribution in [0.4, 0.5) is 0 Å². The Morgan fingerprint density at radius 2 is 1.64 bits per heavy atom. The Kier molecular flexibility index (Phi) is 7.79. The fourth-order valence-corrected chi connectivity index (χ4v) is 4.64. The summed E-state index contributed by atoms with van der Waals surface area (Å²) in [5.74, 6) is -1.32. The van der Waals surface area contributed by atoms with E-state index in [9.17, 15) is 18.0 Å². The number of carbonyl (C=O) groups is 2. The Morgan fingerprint density at radius 3 is 2.31 bits per heavy atom. The first-order valence-corrected chi connectivity index (χ1v) is 13.0. The van der Waals surface area contributed by atoms with Gasteiger partial charge in [-0.25, -0.2) is 4.79 Å². The van der Waals surface area contributed by atoms with Crippen molar-refractivity contribution >= 4 is 44.6 Å². The summed E-state index contributed by atoms with van der Waals surface area (Å²) in [5, 5.41) is 0. The summed E-state index contributed by atoms with van der Waals surface area (Å²) in [4.78, 5) is 23.1. The molecule has 1 aliphatic heterocycles. The summed E-state index contributed by atoms with van der Waals surface area (Å²) in [6.07, 6.45) is -0.371. The second-order valence-electron chi connectivity index (χ2n) is 7.39. The van der Waals surface area contributed by atoms with Gasteiger partial charge in [-0.15, -0.1) is 0 Å². The van der Waals surface area contributed by atoms with Crippen LogP contribution in [0, 0.1) is 3.57 Å². The minimum Gasteiger partial charge on any atom is -0.488 e. The van der Waals surface area contributed by atoms with Crippen LogP contribution in [0.25, 0.3) is 0 Å². The number of halogens is 1. The third-order valence-corrected chi connectivity index (χ3v) is 6.99. The maximum atomic E-state index is 12.8. The number of esters is 2. The minimum atomic E-state index is -4.17. The first-order chi connectivity index (χ1) is 17.2. The average molecular weight is 622 g/mol. The van der Waals surface area contributed by atoms with Gasteiger partial charge >= 0.3 is 28.3 Å². The monoisotopic (exact) mass is 622 g/mol. The maximum Gasteiger partial charge on any atom is 0.339 e. The van der Waals surface area contributed by atoms with Gasteiger partial charge in [-0.05, 0) is 40.3 Å². The summed E-state index contributed by atoms with van der Waals surface area (Å²) >= 11 is 1.95. The normalized spacial score (nSPS) is 15.0. The third-order valence-electron chi connectivity index (χ3n) is 4.67. The Bertz CT molecular complexity index is 1400. The van der Waals surface area contributed by atoms with Crippen LogP contribution in [0.1, 0.15) is 12.5 Å². The molecule has 186 valence electrons. The van der Waals surface area contributed by atoms with E-state index in [1.807, 2.05) is 52.9 Å². The van der Waals surface area contributed by atoms with E-state index in [1.165, 1.54) is 31.2 Å². The number of hydrogen-bond acceptors (Lipinski definition) is 9. The Hall–Kier alpha value is -3.58. The van der Waals surface area contributed by atoms with E-state index in [0.717, 1.165) is 11.6 Å². The van der Waals surface area contributed by atoms with E-state index in [2.05, 4.69) is 0 Å². The molecule has 0 saturated carbocycles. The summed E-state index contributed by atoms with van der Waals surface area (Å²) < 4.78 is 53.2. The van der Waals surface area contributed by atoms with Gasteiger partial charge in [0.1, 0.15) is 28.8 Å². The summed E-state index contributed by atoms with van der Waals surface area (Å²) in [6, 6.07) is 19.7. The fraction of sp³-hybridized carbons (Fsp3) is 0.120. The number of carbonyl (C=O) groups excluding carboxylic acids is 2. The molecule has 4 rings (SSSR count). The highest BCUT2D eigenvalue weighted by molar-refractivity contribution is 14.1. The summed E-state index contributed by atoms with van der Waals surface area (Å²) in [5.41, 5.74) is 0.879. The van der Waals surface area contributed by atoms with Crippen LogP contribution in [-0.4, -0.2) is 26.6 Å². The van der Waals surface area contributed by atoms with Crippen molar-refractivity contribution in [1.82, 2.24) is 0 Å². The van der Waals surface area contributed by atoms with E-state index >= 15 is 0 Å². The van der Waals surface area contributed by atoms with Gasteiger partial charge in [0.05, 0.1) is 9.65 Å². The molecule has 36 heavy (non-hydrogen) atoms. The van der Waals surface area contributed by atoms with Crippen molar-refractivity contribution < 1.29 is 41.1 Å². The molecule has 0 saturated heterocycles. The number of cyclic esters (lactones) is 1. The first kappa shape index (κ1) is 25.5. The van der Waals surface area contributed by atoms with Crippen LogP contribution >= 0.6 is 22.6 Å². The zero-order valence-electron chi connectivity index (χ0n) is 18.8. The van der Waals surface area contributed by atoms with Gasteiger partial charge in [0.15, 0.2) is 5.76 Å². The SMILES string of the molecule is CC(=O)OC1=CC(=O)OC1Oc1cc(OS(=O)(=O)c2ccccc2)cc(OCc2ccccc2)c1I. The molecule has 0 radical (unpaired) electrons. The Balaban J connectivity index is 1.67. The second-order valence-corrected chi connectivity index (χ2v) is 10.0. The molecule has 3 aromatic carbocycles. The number of benzene rings is 3. The van der Waals surface area contributed by atoms with Crippen LogP contribution in [-0.2, 0) is 35.8 Å². The smallest absolute Gasteiger partial charge is 0.339 e. The predicted molar refractivity (Wildman–Crippen MR) is 135 cm³/mol. The van der Waals surface area contributed by atoms with E-state index in [-0.39, 0.29) is 34.5 Å². The molecular weight excluding hydrogens is 603 g/mol. The van der Waals surface area contributed by atoms with Gasteiger partial charge in [-0.3, -0.25) is 4.79 Å². The van der Waals surface area contributed by atoms with Gasteiger partial charge in [0.2, 0.25) is 0 Å². The second kappa shape index (κ2) is 11.0. The van der Waals surface area contributed by atoms with E-state index in [1.54, 1.807) is 18.2 Å². The lowest BCUT2D eigenvalue weighted by Gasteiger charge is -2.19. The average Bonchev–Trinajstić information content (AvgIpc) is 3.18. The van der Waals surface area contributed by atoms with Gasteiger partial charge in [-0.2, -0.15) is 8.42 Å². The highest BCUT2D eigenvalue weighted by Gasteiger charge is 2.32. The lowest BCUT2D eigenvalue weighted by Crippen LogP contribution is -2.22. The lowest BCUT2D eigenvalue weighted by molar-refractivity contribution is -0.155. The van der Waals surface area contributed by atoms with E-state index in [4.69, 9.17) is 23.1 Å². The molecule has 1 aliphatic rings. The lowest BCUT2D eigenvalue weighted by atomic mass is 10.2. The molecule has 0 N–H and O–H groups in total. The number of rotatable bonds is 9. The third kappa shape index (κ3) is 6.34. The highest BCUT2D eigenvalue weighted by Crippen LogP contribution is 2.38. The fourth-order valence-electron chi connectivity index (χ4n) is 3.11. The molecule has 1 unspecified atom stereocenters. The highest BCUT2D eigenvalue weighted by atomic mass is 127. The van der Waals surface area contributed by atoms with Crippen molar-refractivity contribution in [2.24, 2.45) is 0 Å². The van der Waals surface area contributed by atoms with Crippen molar-refractivity contribution in [2.75, 3.05) is 0 Å². The van der Waals surface area contributed by atoms with Crippen molar-refractivity contribution in [3.63, 3.8) is 0 Å². The molecule has 3 aromatic rings. The van der Waals surface area contributed by atoms with Gasteiger partial charge < -0.3 is 23.1 Å². The largest absolute Gasteiger partial charge is 0.488 e. The zero-order chi connectivity index (χ0) is 25.7. The Labute approximate surface area is 220 Å².